The van der Waals surface area contributed by atoms with E-state index in [0.29, 0.717) is 41.5 Å². The van der Waals surface area contributed by atoms with Crippen LogP contribution in [0.5, 0.6) is 0 Å². The maximum Gasteiger partial charge on any atom is 0.251 e. The first-order chi connectivity index (χ1) is 14.8. The first-order valence-electron chi connectivity index (χ1n) is 10.5. The minimum Gasteiger partial charge on any atom is -0.319 e. The molecule has 3 aromatic rings. The molecule has 0 N–H and O–H groups in total. The lowest BCUT2D eigenvalue weighted by Gasteiger charge is -2.29. The van der Waals surface area contributed by atoms with E-state index in [1.54, 1.807) is 12.1 Å². The molecule has 1 aliphatic heterocycles. The summed E-state index contributed by atoms with van der Waals surface area (Å²) in [5.74, 6) is -0.0644. The van der Waals surface area contributed by atoms with Crippen LogP contribution in [0, 0.1) is 5.92 Å². The maximum atomic E-state index is 13.0. The molecule has 0 atom stereocenters. The van der Waals surface area contributed by atoms with Gasteiger partial charge in [0.05, 0.1) is 15.1 Å². The number of thiazole rings is 1. The van der Waals surface area contributed by atoms with Crippen LogP contribution in [-0.4, -0.2) is 36.3 Å². The average molecular weight is 458 g/mol. The number of carbonyl (C=O) groups is 1. The standard InChI is InChI=1S/C23H27N3O3S2/c1-16(2)17-8-10-19(11-9-17)31(28,29)26-14-12-18(13-15-26)22(27)24-23-25(3)20-6-4-5-7-21(20)30-23/h4-11,16,18H,12-15H2,1-3H3. The molecule has 4 rings (SSSR count). The highest BCUT2D eigenvalue weighted by atomic mass is 32.2. The van der Waals surface area contributed by atoms with Crippen molar-refractivity contribution < 1.29 is 13.2 Å². The van der Waals surface area contributed by atoms with Crippen LogP contribution < -0.4 is 4.80 Å². The predicted octanol–water partition coefficient (Wildman–Crippen LogP) is 3.89. The molecular weight excluding hydrogens is 430 g/mol. The number of hydrogen-bond donors (Lipinski definition) is 0. The van der Waals surface area contributed by atoms with Crippen LogP contribution in [0.4, 0.5) is 0 Å². The quantitative estimate of drug-likeness (QED) is 0.597. The zero-order valence-electron chi connectivity index (χ0n) is 18.0. The van der Waals surface area contributed by atoms with Gasteiger partial charge in [0.1, 0.15) is 0 Å². The summed E-state index contributed by atoms with van der Waals surface area (Å²) in [4.78, 5) is 18.1. The molecule has 0 radical (unpaired) electrons. The normalized spacial score (nSPS) is 17.0. The second-order valence-corrected chi connectivity index (χ2v) is 11.2. The Morgan fingerprint density at radius 3 is 2.32 bits per heavy atom. The summed E-state index contributed by atoms with van der Waals surface area (Å²) in [5.41, 5.74) is 2.16. The van der Waals surface area contributed by atoms with E-state index in [1.165, 1.54) is 15.6 Å². The highest BCUT2D eigenvalue weighted by molar-refractivity contribution is 7.89. The Kier molecular flexibility index (Phi) is 6.14. The minimum absolute atomic E-state index is 0.166. The van der Waals surface area contributed by atoms with Crippen LogP contribution in [0.25, 0.3) is 10.2 Å². The van der Waals surface area contributed by atoms with Crippen LogP contribution in [0.2, 0.25) is 0 Å². The van der Waals surface area contributed by atoms with E-state index in [2.05, 4.69) is 18.8 Å². The molecule has 1 saturated heterocycles. The second kappa shape index (κ2) is 8.68. The number of aromatic nitrogens is 1. The molecule has 6 nitrogen and oxygen atoms in total. The van der Waals surface area contributed by atoms with Gasteiger partial charge in [-0.05, 0) is 48.6 Å². The van der Waals surface area contributed by atoms with Crippen molar-refractivity contribution in [2.24, 2.45) is 18.0 Å². The molecular formula is C23H27N3O3S2. The van der Waals surface area contributed by atoms with Gasteiger partial charge in [0.15, 0.2) is 4.80 Å². The van der Waals surface area contributed by atoms with Gasteiger partial charge in [-0.25, -0.2) is 8.42 Å². The Balaban J connectivity index is 1.46. The van der Waals surface area contributed by atoms with E-state index >= 15 is 0 Å². The molecule has 8 heteroatoms. The molecule has 164 valence electrons. The van der Waals surface area contributed by atoms with Crippen LogP contribution in [0.1, 0.15) is 38.2 Å². The molecule has 2 heterocycles. The number of piperidine rings is 1. The SMILES string of the molecule is CC(C)c1ccc(S(=O)(=O)N2CCC(C(=O)N=c3sc4ccccc4n3C)CC2)cc1. The third kappa shape index (κ3) is 4.37. The van der Waals surface area contributed by atoms with E-state index in [0.717, 1.165) is 15.8 Å². The largest absolute Gasteiger partial charge is 0.319 e. The molecule has 1 amide bonds. The van der Waals surface area contributed by atoms with E-state index in [1.807, 2.05) is 48.0 Å². The predicted molar refractivity (Wildman–Crippen MR) is 123 cm³/mol. The zero-order valence-corrected chi connectivity index (χ0v) is 19.6. The second-order valence-electron chi connectivity index (χ2n) is 8.26. The monoisotopic (exact) mass is 457 g/mol. The van der Waals surface area contributed by atoms with Crippen LogP contribution >= 0.6 is 11.3 Å². The number of nitrogens with zero attached hydrogens (tertiary/aromatic N) is 3. The molecule has 2 aromatic carbocycles. The minimum atomic E-state index is -3.55. The lowest BCUT2D eigenvalue weighted by Crippen LogP contribution is -2.40. The summed E-state index contributed by atoms with van der Waals surface area (Å²) in [7, 11) is -1.64. The fourth-order valence-corrected chi connectivity index (χ4v) is 6.38. The van der Waals surface area contributed by atoms with Gasteiger partial charge in [-0.1, -0.05) is 49.4 Å². The van der Waals surface area contributed by atoms with Crippen molar-refractivity contribution in [2.45, 2.75) is 37.5 Å². The van der Waals surface area contributed by atoms with Gasteiger partial charge in [0, 0.05) is 26.1 Å². The number of hydrogen-bond acceptors (Lipinski definition) is 4. The zero-order chi connectivity index (χ0) is 22.2. The number of fused-ring (bicyclic) bond motifs is 1. The van der Waals surface area contributed by atoms with Crippen molar-refractivity contribution in [2.75, 3.05) is 13.1 Å². The Labute approximate surface area is 186 Å². The van der Waals surface area contributed by atoms with Gasteiger partial charge in [-0.3, -0.25) is 4.79 Å². The molecule has 31 heavy (non-hydrogen) atoms. The highest BCUT2D eigenvalue weighted by Crippen LogP contribution is 2.26. The Bertz CT molecular complexity index is 1260. The summed E-state index contributed by atoms with van der Waals surface area (Å²) < 4.78 is 30.5. The molecule has 0 aliphatic carbocycles. The first-order valence-corrected chi connectivity index (χ1v) is 12.8. The van der Waals surface area contributed by atoms with Crippen molar-refractivity contribution in [3.05, 3.63) is 58.9 Å². The third-order valence-electron chi connectivity index (χ3n) is 5.91. The highest BCUT2D eigenvalue weighted by Gasteiger charge is 2.32. The van der Waals surface area contributed by atoms with Gasteiger partial charge >= 0.3 is 0 Å². The Morgan fingerprint density at radius 2 is 1.71 bits per heavy atom. The number of sulfonamides is 1. The van der Waals surface area contributed by atoms with Crippen LogP contribution in [0.15, 0.2) is 58.4 Å². The number of amides is 1. The molecule has 0 spiro atoms. The maximum absolute atomic E-state index is 13.0. The lowest BCUT2D eigenvalue weighted by molar-refractivity contribution is -0.122. The molecule has 0 unspecified atom stereocenters. The van der Waals surface area contributed by atoms with Crippen molar-refractivity contribution in [1.29, 1.82) is 0 Å². The number of benzene rings is 2. The smallest absolute Gasteiger partial charge is 0.251 e. The van der Waals surface area contributed by atoms with E-state index in [-0.39, 0.29) is 11.8 Å². The van der Waals surface area contributed by atoms with Crippen molar-refractivity contribution in [3.63, 3.8) is 0 Å². The number of aryl methyl sites for hydroxylation is 1. The molecule has 1 aliphatic rings. The average Bonchev–Trinajstić information content (AvgIpc) is 3.09. The van der Waals surface area contributed by atoms with Crippen LogP contribution in [0.3, 0.4) is 0 Å². The van der Waals surface area contributed by atoms with Gasteiger partial charge in [-0.15, -0.1) is 0 Å². The fraction of sp³-hybridized carbons (Fsp3) is 0.391. The summed E-state index contributed by atoms with van der Waals surface area (Å²) in [6, 6.07) is 15.1. The van der Waals surface area contributed by atoms with Crippen molar-refractivity contribution >= 4 is 37.5 Å². The van der Waals surface area contributed by atoms with E-state index in [4.69, 9.17) is 0 Å². The number of carbonyl (C=O) groups excluding carboxylic acids is 1. The first kappa shape index (κ1) is 21.9. The molecule has 0 saturated carbocycles. The van der Waals surface area contributed by atoms with Gasteiger partial charge in [0.2, 0.25) is 10.0 Å². The molecule has 0 bridgehead atoms. The Hall–Kier alpha value is -2.29. The van der Waals surface area contributed by atoms with Gasteiger partial charge < -0.3 is 4.57 Å². The fourth-order valence-electron chi connectivity index (χ4n) is 3.89. The summed E-state index contributed by atoms with van der Waals surface area (Å²) in [6.07, 6.45) is 0.973. The van der Waals surface area contributed by atoms with Crippen molar-refractivity contribution in [3.8, 4) is 0 Å². The Morgan fingerprint density at radius 1 is 1.06 bits per heavy atom. The summed E-state index contributed by atoms with van der Waals surface area (Å²) >= 11 is 1.49. The summed E-state index contributed by atoms with van der Waals surface area (Å²) in [5, 5.41) is 0. The molecule has 1 fully saturated rings. The third-order valence-corrected chi connectivity index (χ3v) is 8.93. The lowest BCUT2D eigenvalue weighted by atomic mass is 9.98. The van der Waals surface area contributed by atoms with E-state index in [9.17, 15) is 13.2 Å². The van der Waals surface area contributed by atoms with Crippen molar-refractivity contribution in [1.82, 2.24) is 8.87 Å². The number of para-hydroxylation sites is 1. The van der Waals surface area contributed by atoms with E-state index < -0.39 is 10.0 Å². The summed E-state index contributed by atoms with van der Waals surface area (Å²) in [6.45, 7) is 4.82. The number of rotatable bonds is 4. The van der Waals surface area contributed by atoms with Gasteiger partial charge in [-0.2, -0.15) is 9.30 Å². The topological polar surface area (TPSA) is 71.7 Å². The van der Waals surface area contributed by atoms with Gasteiger partial charge in [0.25, 0.3) is 5.91 Å². The van der Waals surface area contributed by atoms with Crippen LogP contribution in [-0.2, 0) is 21.9 Å². The molecule has 1 aromatic heterocycles.